The van der Waals surface area contributed by atoms with E-state index in [0.29, 0.717) is 18.0 Å². The predicted molar refractivity (Wildman–Crippen MR) is 109 cm³/mol. The van der Waals surface area contributed by atoms with Crippen LogP contribution in [-0.4, -0.2) is 48.2 Å². The van der Waals surface area contributed by atoms with Crippen LogP contribution in [0, 0.1) is 0 Å². The van der Waals surface area contributed by atoms with Crippen molar-refractivity contribution >= 4 is 11.4 Å². The number of hydrogen-bond acceptors (Lipinski definition) is 4. The number of amides is 1. The van der Waals surface area contributed by atoms with Gasteiger partial charge in [0.1, 0.15) is 5.75 Å². The molecule has 28 heavy (non-hydrogen) atoms. The Hall–Kier alpha value is -2.86. The second-order valence-electron chi connectivity index (χ2n) is 7.53. The number of ether oxygens (including phenoxy) is 1. The van der Waals surface area contributed by atoms with Gasteiger partial charge in [-0.25, -0.2) is 4.52 Å². The van der Waals surface area contributed by atoms with Gasteiger partial charge < -0.3 is 15.0 Å². The fourth-order valence-corrected chi connectivity index (χ4v) is 3.62. The summed E-state index contributed by atoms with van der Waals surface area (Å²) in [5.41, 5.74) is 3.61. The molecule has 0 saturated heterocycles. The third-order valence-electron chi connectivity index (χ3n) is 5.32. The first-order chi connectivity index (χ1) is 13.6. The fraction of sp³-hybridized carbons (Fsp3) is 0.364. The molecule has 6 heteroatoms. The molecule has 2 aromatic heterocycles. The third-order valence-corrected chi connectivity index (χ3v) is 5.32. The fourth-order valence-electron chi connectivity index (χ4n) is 3.62. The Morgan fingerprint density at radius 2 is 2.11 bits per heavy atom. The molecule has 1 saturated carbocycles. The number of aromatic nitrogens is 2. The molecule has 1 fully saturated rings. The molecule has 1 atom stereocenters. The number of rotatable bonds is 7. The maximum atomic E-state index is 13.1. The smallest absolute Gasteiger partial charge is 0.255 e. The molecular weight excluding hydrogens is 352 g/mol. The molecule has 146 valence electrons. The van der Waals surface area contributed by atoms with Crippen molar-refractivity contribution in [3.63, 3.8) is 0 Å². The van der Waals surface area contributed by atoms with E-state index in [0.717, 1.165) is 35.4 Å². The van der Waals surface area contributed by atoms with Gasteiger partial charge in [-0.15, -0.1) is 0 Å². The van der Waals surface area contributed by atoms with Gasteiger partial charge in [-0.05, 0) is 56.8 Å². The van der Waals surface area contributed by atoms with E-state index in [1.165, 1.54) is 0 Å². The number of carbonyl (C=O) groups is 1. The van der Waals surface area contributed by atoms with Gasteiger partial charge in [-0.3, -0.25) is 4.79 Å². The van der Waals surface area contributed by atoms with Gasteiger partial charge in [0.05, 0.1) is 29.9 Å². The van der Waals surface area contributed by atoms with Crippen molar-refractivity contribution in [1.82, 2.24) is 19.8 Å². The van der Waals surface area contributed by atoms with Gasteiger partial charge >= 0.3 is 0 Å². The zero-order valence-corrected chi connectivity index (χ0v) is 16.6. The van der Waals surface area contributed by atoms with Crippen molar-refractivity contribution in [3.05, 3.63) is 65.5 Å². The number of nitrogens with zero attached hydrogens (tertiary/aromatic N) is 3. The van der Waals surface area contributed by atoms with Crippen molar-refractivity contribution in [2.45, 2.75) is 24.8 Å². The summed E-state index contributed by atoms with van der Waals surface area (Å²) in [7, 11) is 5.69. The Morgan fingerprint density at radius 1 is 1.29 bits per heavy atom. The van der Waals surface area contributed by atoms with Gasteiger partial charge in [-0.2, -0.15) is 5.10 Å². The van der Waals surface area contributed by atoms with Crippen LogP contribution in [0.4, 0.5) is 0 Å². The van der Waals surface area contributed by atoms with Crippen molar-refractivity contribution < 1.29 is 9.53 Å². The lowest BCUT2D eigenvalue weighted by atomic mass is 10.0. The van der Waals surface area contributed by atoms with Crippen LogP contribution in [0.5, 0.6) is 5.75 Å². The lowest BCUT2D eigenvalue weighted by Crippen LogP contribution is -2.34. The Bertz CT molecular complexity index is 991. The zero-order valence-electron chi connectivity index (χ0n) is 16.6. The van der Waals surface area contributed by atoms with E-state index in [-0.39, 0.29) is 11.9 Å². The van der Waals surface area contributed by atoms with Crippen molar-refractivity contribution in [2.75, 3.05) is 27.7 Å². The number of hydrogen-bond donors (Lipinski definition) is 1. The lowest BCUT2D eigenvalue weighted by Gasteiger charge is -2.25. The van der Waals surface area contributed by atoms with Gasteiger partial charge in [0.2, 0.25) is 0 Å². The Labute approximate surface area is 165 Å². The van der Waals surface area contributed by atoms with E-state index < -0.39 is 0 Å². The number of likely N-dealkylation sites (N-methyl/N-ethyl adjacent to an activating group) is 1. The van der Waals surface area contributed by atoms with Gasteiger partial charge in [-0.1, -0.05) is 18.2 Å². The third kappa shape index (κ3) is 3.60. The largest absolute Gasteiger partial charge is 0.497 e. The predicted octanol–water partition coefficient (Wildman–Crippen LogP) is 3.25. The summed E-state index contributed by atoms with van der Waals surface area (Å²) in [5.74, 6) is 1.16. The lowest BCUT2D eigenvalue weighted by molar-refractivity contribution is 0.0942. The van der Waals surface area contributed by atoms with Crippen molar-refractivity contribution in [1.29, 1.82) is 0 Å². The second-order valence-corrected chi connectivity index (χ2v) is 7.53. The number of nitrogens with one attached hydrogen (secondary N) is 1. The summed E-state index contributed by atoms with van der Waals surface area (Å²) in [5, 5.41) is 7.81. The molecule has 3 aromatic rings. The highest BCUT2D eigenvalue weighted by atomic mass is 16.5. The molecular formula is C22H26N4O2. The van der Waals surface area contributed by atoms with E-state index in [1.54, 1.807) is 7.11 Å². The molecule has 1 aromatic carbocycles. The van der Waals surface area contributed by atoms with E-state index in [1.807, 2.05) is 61.2 Å². The molecule has 0 spiro atoms. The summed E-state index contributed by atoms with van der Waals surface area (Å²) in [6.45, 7) is 0.507. The molecule has 0 bridgehead atoms. The molecule has 0 aliphatic heterocycles. The van der Waals surface area contributed by atoms with E-state index >= 15 is 0 Å². The molecule has 1 aliphatic carbocycles. The first kappa shape index (κ1) is 18.5. The zero-order chi connectivity index (χ0) is 19.7. The first-order valence-corrected chi connectivity index (χ1v) is 9.64. The van der Waals surface area contributed by atoms with Crippen LogP contribution in [0.3, 0.4) is 0 Å². The number of methoxy groups -OCH3 is 1. The standard InChI is InChI=1S/C22H26N4O2/c1-25(2)19(16-7-6-8-17(13-16)28-3)14-23-22(27)20-18-9-4-5-12-26(18)24-21(20)15-10-11-15/h4-9,12-13,15,19H,10-11,14H2,1-3H3,(H,23,27). The number of carbonyl (C=O) groups excluding carboxylic acids is 1. The van der Waals surface area contributed by atoms with Crippen LogP contribution in [-0.2, 0) is 0 Å². The van der Waals surface area contributed by atoms with E-state index in [2.05, 4.69) is 21.4 Å². The molecule has 2 heterocycles. The average Bonchev–Trinajstić information content (AvgIpc) is 3.47. The normalized spacial score (nSPS) is 15.0. The first-order valence-electron chi connectivity index (χ1n) is 9.64. The topological polar surface area (TPSA) is 58.9 Å². The Morgan fingerprint density at radius 3 is 2.82 bits per heavy atom. The Balaban J connectivity index is 1.58. The summed E-state index contributed by atoms with van der Waals surface area (Å²) < 4.78 is 7.16. The highest BCUT2D eigenvalue weighted by molar-refractivity contribution is 6.02. The molecule has 1 unspecified atom stereocenters. The van der Waals surface area contributed by atoms with Gasteiger partial charge in [0, 0.05) is 18.7 Å². The molecule has 6 nitrogen and oxygen atoms in total. The summed E-state index contributed by atoms with van der Waals surface area (Å²) in [6.07, 6.45) is 4.11. The minimum atomic E-state index is -0.0575. The van der Waals surface area contributed by atoms with Crippen LogP contribution < -0.4 is 10.1 Å². The summed E-state index contributed by atoms with van der Waals surface area (Å²) in [4.78, 5) is 15.3. The van der Waals surface area contributed by atoms with Gasteiger partial charge in [0.15, 0.2) is 0 Å². The van der Waals surface area contributed by atoms with Crippen LogP contribution in [0.1, 0.15) is 46.4 Å². The quantitative estimate of drug-likeness (QED) is 0.686. The van der Waals surface area contributed by atoms with Crippen LogP contribution in [0.2, 0.25) is 0 Å². The number of fused-ring (bicyclic) bond motifs is 1. The average molecular weight is 378 g/mol. The molecule has 1 N–H and O–H groups in total. The van der Waals surface area contributed by atoms with Crippen LogP contribution in [0.15, 0.2) is 48.7 Å². The van der Waals surface area contributed by atoms with Crippen LogP contribution >= 0.6 is 0 Å². The SMILES string of the molecule is COc1cccc(C(CNC(=O)c2c(C3CC3)nn3ccccc23)N(C)C)c1. The van der Waals surface area contributed by atoms with Crippen LogP contribution in [0.25, 0.3) is 5.52 Å². The second kappa shape index (κ2) is 7.64. The number of pyridine rings is 1. The Kier molecular flexibility index (Phi) is 5.05. The highest BCUT2D eigenvalue weighted by Crippen LogP contribution is 2.41. The highest BCUT2D eigenvalue weighted by Gasteiger charge is 2.33. The summed E-state index contributed by atoms with van der Waals surface area (Å²) in [6, 6.07) is 13.9. The van der Waals surface area contributed by atoms with Crippen molar-refractivity contribution in [3.8, 4) is 5.75 Å². The minimum Gasteiger partial charge on any atom is -0.497 e. The maximum Gasteiger partial charge on any atom is 0.255 e. The molecule has 0 radical (unpaired) electrons. The summed E-state index contributed by atoms with van der Waals surface area (Å²) >= 11 is 0. The monoisotopic (exact) mass is 378 g/mol. The minimum absolute atomic E-state index is 0.0465. The van der Waals surface area contributed by atoms with E-state index in [9.17, 15) is 4.79 Å². The van der Waals surface area contributed by atoms with Crippen molar-refractivity contribution in [2.24, 2.45) is 0 Å². The molecule has 4 rings (SSSR count). The molecule has 1 amide bonds. The van der Waals surface area contributed by atoms with E-state index in [4.69, 9.17) is 4.74 Å². The maximum absolute atomic E-state index is 13.1. The van der Waals surface area contributed by atoms with Gasteiger partial charge in [0.25, 0.3) is 5.91 Å². The molecule has 1 aliphatic rings. The number of benzene rings is 1.